The van der Waals surface area contributed by atoms with Crippen LogP contribution in [0, 0.1) is 0 Å². The van der Waals surface area contributed by atoms with Crippen LogP contribution in [0.25, 0.3) is 10.2 Å². The van der Waals surface area contributed by atoms with E-state index in [0.717, 1.165) is 53.2 Å². The van der Waals surface area contributed by atoms with E-state index in [1.807, 2.05) is 18.2 Å². The van der Waals surface area contributed by atoms with Gasteiger partial charge < -0.3 is 30.7 Å². The minimum atomic E-state index is -0.990. The number of carboxylic acids is 2. The number of nitrogen functional groups attached to an aromatic ring is 1. The summed E-state index contributed by atoms with van der Waals surface area (Å²) in [4.78, 5) is 23.2. The van der Waals surface area contributed by atoms with E-state index >= 15 is 0 Å². The van der Waals surface area contributed by atoms with Crippen molar-refractivity contribution in [1.29, 1.82) is 0 Å². The van der Waals surface area contributed by atoms with E-state index in [9.17, 15) is 14.7 Å². The van der Waals surface area contributed by atoms with Gasteiger partial charge in [0, 0.05) is 18.5 Å². The van der Waals surface area contributed by atoms with Crippen molar-refractivity contribution in [3.8, 4) is 5.75 Å². The molecule has 0 fully saturated rings. The number of aromatic amines is 1. The number of carbonyl (C=O) groups is 2. The summed E-state index contributed by atoms with van der Waals surface area (Å²) >= 11 is 1.52. The maximum absolute atomic E-state index is 10.1. The van der Waals surface area contributed by atoms with Crippen LogP contribution in [0.4, 0.5) is 5.13 Å². The quantitative estimate of drug-likeness (QED) is 0.531. The topological polar surface area (TPSA) is 190 Å². The second-order valence-corrected chi connectivity index (χ2v) is 6.92. The first-order chi connectivity index (χ1) is 12.4. The number of methoxy groups -OCH3 is 1. The minimum absolute atomic E-state index is 0. The van der Waals surface area contributed by atoms with Crippen LogP contribution >= 0.6 is 11.3 Å². The lowest BCUT2D eigenvalue weighted by Gasteiger charge is -2.01. The minimum Gasteiger partial charge on any atom is -0.550 e. The van der Waals surface area contributed by atoms with Gasteiger partial charge in [-0.15, -0.1) is 0 Å². The van der Waals surface area contributed by atoms with Crippen LogP contribution in [0.15, 0.2) is 18.2 Å². The molecule has 0 saturated heterocycles. The van der Waals surface area contributed by atoms with Crippen LogP contribution in [0.1, 0.15) is 51.4 Å². The van der Waals surface area contributed by atoms with Crippen LogP contribution < -0.4 is 20.6 Å². The summed E-state index contributed by atoms with van der Waals surface area (Å²) in [5.74, 6) is -0.879. The summed E-state index contributed by atoms with van der Waals surface area (Å²) in [6.45, 7) is 0. The summed E-state index contributed by atoms with van der Waals surface area (Å²) in [5.41, 5.74) is 6.66. The Kier molecular flexibility index (Phi) is 15.5. The molecule has 0 unspecified atom stereocenters. The van der Waals surface area contributed by atoms with Crippen molar-refractivity contribution in [3.05, 3.63) is 18.2 Å². The third kappa shape index (κ3) is 12.0. The van der Waals surface area contributed by atoms with E-state index in [2.05, 4.69) is 4.98 Å². The molecule has 0 bridgehead atoms. The Bertz CT molecular complexity index is 686. The van der Waals surface area contributed by atoms with Crippen LogP contribution in [0.2, 0.25) is 0 Å². The van der Waals surface area contributed by atoms with Gasteiger partial charge in [-0.05, 0) is 42.7 Å². The summed E-state index contributed by atoms with van der Waals surface area (Å²) in [6, 6.07) is 5.83. The molecule has 0 radical (unpaired) electrons. The maximum atomic E-state index is 10.1. The summed E-state index contributed by atoms with van der Waals surface area (Å²) in [7, 11) is 1.65. The monoisotopic (exact) mass is 418 g/mol. The van der Waals surface area contributed by atoms with Crippen LogP contribution in [-0.2, 0) is 9.59 Å². The van der Waals surface area contributed by atoms with Crippen molar-refractivity contribution in [3.63, 3.8) is 0 Å². The third-order valence-electron chi connectivity index (χ3n) is 3.69. The van der Waals surface area contributed by atoms with Gasteiger partial charge in [0.1, 0.15) is 11.3 Å². The highest BCUT2D eigenvalue weighted by atomic mass is 32.1. The van der Waals surface area contributed by atoms with E-state index in [1.54, 1.807) is 7.11 Å². The molecule has 9 nitrogen and oxygen atoms in total. The number of unbranched alkanes of at least 4 members (excludes halogenated alkanes) is 5. The van der Waals surface area contributed by atoms with Gasteiger partial charge in [0.2, 0.25) is 0 Å². The lowest BCUT2D eigenvalue weighted by molar-refractivity contribution is -0.320. The predicted octanol–water partition coefficient (Wildman–Crippen LogP) is 0.598. The molecular weight excluding hydrogens is 388 g/mol. The molecule has 0 amide bonds. The van der Waals surface area contributed by atoms with Crippen LogP contribution in [0.5, 0.6) is 5.75 Å². The Morgan fingerprint density at radius 3 is 2.21 bits per heavy atom. The highest BCUT2D eigenvalue weighted by Crippen LogP contribution is 2.24. The normalized spacial score (nSPS) is 9.46. The molecule has 0 aliphatic heterocycles. The number of benzene rings is 1. The number of rotatable bonds is 10. The van der Waals surface area contributed by atoms with Gasteiger partial charge in [-0.1, -0.05) is 25.7 Å². The summed E-state index contributed by atoms with van der Waals surface area (Å²) in [5, 5.41) is 19.1. The van der Waals surface area contributed by atoms with Crippen LogP contribution in [0.3, 0.4) is 0 Å². The number of anilines is 1. The van der Waals surface area contributed by atoms with Crippen molar-refractivity contribution >= 4 is 38.6 Å². The van der Waals surface area contributed by atoms with Gasteiger partial charge in [0.15, 0.2) is 0 Å². The molecule has 8 N–H and O–H groups in total. The van der Waals surface area contributed by atoms with E-state index in [1.165, 1.54) is 11.3 Å². The standard InChI is InChI=1S/C10H18O4.C8H8N2OS.2H2O/c11-9(12)7-5-3-1-2-4-6-8-10(13)14;1-11-5-2-3-6-7(4-5)12-8(9)10-6;;/h1-8H2,(H,11,12)(H,13,14);2-4H,1H3,(H2,9,10);2*1H2. The molecule has 0 aliphatic rings. The highest BCUT2D eigenvalue weighted by Gasteiger charge is 2.05. The molecule has 1 aromatic carbocycles. The number of nitrogens with two attached hydrogens (primary N) is 1. The number of nitrogens with one attached hydrogen (secondary N) is 1. The largest absolute Gasteiger partial charge is 0.550 e. The first-order valence-corrected chi connectivity index (χ1v) is 9.41. The maximum Gasteiger partial charge on any atom is 0.330 e. The van der Waals surface area contributed by atoms with Crippen molar-refractivity contribution in [2.45, 2.75) is 51.4 Å². The zero-order chi connectivity index (χ0) is 19.4. The zero-order valence-electron chi connectivity index (χ0n) is 16.0. The Morgan fingerprint density at radius 1 is 1.11 bits per heavy atom. The highest BCUT2D eigenvalue weighted by molar-refractivity contribution is 7.21. The van der Waals surface area contributed by atoms with Gasteiger partial charge in [-0.3, -0.25) is 10.5 Å². The molecular formula is C18H30N2O7S. The van der Waals surface area contributed by atoms with Crippen molar-refractivity contribution < 1.29 is 40.5 Å². The Hall–Kier alpha value is -2.43. The van der Waals surface area contributed by atoms with E-state index < -0.39 is 11.9 Å². The molecule has 160 valence electrons. The summed E-state index contributed by atoms with van der Waals surface area (Å²) < 4.78 is 6.20. The number of H-pyrrole nitrogens is 1. The molecule has 2 rings (SSSR count). The number of hydrogen-bond donors (Lipinski definition) is 2. The number of carboxylic acid groups (broad SMARTS) is 2. The van der Waals surface area contributed by atoms with E-state index in [0.29, 0.717) is 6.42 Å². The predicted molar refractivity (Wildman–Crippen MR) is 106 cm³/mol. The van der Waals surface area contributed by atoms with Gasteiger partial charge >= 0.3 is 11.1 Å². The molecule has 0 atom stereocenters. The molecule has 0 saturated carbocycles. The number of ether oxygens (including phenoxy) is 1. The molecule has 0 spiro atoms. The lowest BCUT2D eigenvalue weighted by Crippen LogP contribution is -2.21. The number of hydrogen-bond acceptors (Lipinski definition) is 6. The fraction of sp³-hybridized carbons (Fsp3) is 0.500. The first-order valence-electron chi connectivity index (χ1n) is 8.59. The Morgan fingerprint density at radius 2 is 1.68 bits per heavy atom. The number of aliphatic carboxylic acids is 2. The van der Waals surface area contributed by atoms with Gasteiger partial charge in [-0.2, -0.15) is 0 Å². The Balaban J connectivity index is 0. The Labute approximate surface area is 167 Å². The molecule has 1 heterocycles. The van der Waals surface area contributed by atoms with Gasteiger partial charge in [0.25, 0.3) is 0 Å². The molecule has 2 aromatic rings. The number of aromatic nitrogens is 1. The number of thiazole rings is 1. The average Bonchev–Trinajstić information content (AvgIpc) is 2.96. The molecule has 0 aliphatic carbocycles. The van der Waals surface area contributed by atoms with Crippen molar-refractivity contribution in [2.24, 2.45) is 0 Å². The van der Waals surface area contributed by atoms with Crippen molar-refractivity contribution in [2.75, 3.05) is 12.8 Å². The van der Waals surface area contributed by atoms with Gasteiger partial charge in [-0.25, -0.2) is 4.98 Å². The average molecular weight is 419 g/mol. The molecule has 28 heavy (non-hydrogen) atoms. The van der Waals surface area contributed by atoms with E-state index in [-0.39, 0.29) is 23.8 Å². The zero-order valence-corrected chi connectivity index (χ0v) is 16.8. The smallest absolute Gasteiger partial charge is 0.330 e. The number of carbonyl (C=O) groups excluding carboxylic acids is 1. The fourth-order valence-electron chi connectivity index (χ4n) is 2.35. The second kappa shape index (κ2) is 15.6. The molecule has 10 heteroatoms. The fourth-order valence-corrected chi connectivity index (χ4v) is 3.15. The van der Waals surface area contributed by atoms with Gasteiger partial charge in [0.05, 0.1) is 11.8 Å². The third-order valence-corrected chi connectivity index (χ3v) is 4.57. The van der Waals surface area contributed by atoms with Crippen molar-refractivity contribution in [1.82, 2.24) is 0 Å². The molecule has 1 aromatic heterocycles. The van der Waals surface area contributed by atoms with E-state index in [4.69, 9.17) is 15.6 Å². The first kappa shape index (κ1) is 27.8. The SMILES string of the molecule is COc1ccc2[nH+]c(N)sc2c1.O.O.O=C([O-])CCCCCCCCC(=O)O. The summed E-state index contributed by atoms with van der Waals surface area (Å²) in [6.07, 6.45) is 5.52. The van der Waals surface area contributed by atoms with Crippen LogP contribution in [-0.4, -0.2) is 35.1 Å². The second-order valence-electron chi connectivity index (χ2n) is 5.84. The lowest BCUT2D eigenvalue weighted by atomic mass is 10.1. The number of fused-ring (bicyclic) bond motifs is 1.